The van der Waals surface area contributed by atoms with Gasteiger partial charge in [0.1, 0.15) is 6.04 Å². The Morgan fingerprint density at radius 2 is 1.54 bits per heavy atom. The molecule has 0 fully saturated rings. The highest BCUT2D eigenvalue weighted by atomic mass is 32.1. The van der Waals surface area contributed by atoms with Crippen molar-refractivity contribution in [3.63, 3.8) is 0 Å². The number of Topliss-reactive ketones (excluding diaryl/α,β-unsaturated/α-hetero) is 1. The molecule has 2 N–H and O–H groups in total. The maximum Gasteiger partial charge on any atom is 0.289 e. The van der Waals surface area contributed by atoms with Gasteiger partial charge in [-0.15, -0.1) is 11.3 Å². The van der Waals surface area contributed by atoms with Gasteiger partial charge in [0.2, 0.25) is 5.78 Å². The second-order valence-electron chi connectivity index (χ2n) is 6.21. The standard InChI is InChI=1S/C22H20N2O3S/c25-20(22(27)23-15-18-12-7-13-28-18)19(14-16-8-3-1-4-9-16)24-21(26)17-10-5-2-6-11-17/h1-13,19H,14-15H2,(H,23,27)(H,24,26)/t19-/m1/s1. The number of ketones is 1. The number of carbonyl (C=O) groups excluding carboxylic acids is 3. The van der Waals surface area contributed by atoms with Gasteiger partial charge in [0.05, 0.1) is 6.54 Å². The van der Waals surface area contributed by atoms with Gasteiger partial charge in [0, 0.05) is 16.9 Å². The number of thiophene rings is 1. The molecule has 0 aliphatic carbocycles. The average molecular weight is 392 g/mol. The topological polar surface area (TPSA) is 75.3 Å². The van der Waals surface area contributed by atoms with E-state index in [0.717, 1.165) is 10.4 Å². The van der Waals surface area contributed by atoms with Gasteiger partial charge in [-0.2, -0.15) is 0 Å². The van der Waals surface area contributed by atoms with E-state index in [1.54, 1.807) is 30.3 Å². The Morgan fingerprint density at radius 3 is 2.18 bits per heavy atom. The van der Waals surface area contributed by atoms with Crippen LogP contribution in [0.5, 0.6) is 0 Å². The molecule has 142 valence electrons. The van der Waals surface area contributed by atoms with Gasteiger partial charge < -0.3 is 10.6 Å². The molecule has 1 aromatic heterocycles. The van der Waals surface area contributed by atoms with Crippen LogP contribution in [0.1, 0.15) is 20.8 Å². The van der Waals surface area contributed by atoms with Crippen molar-refractivity contribution in [2.45, 2.75) is 19.0 Å². The highest BCUT2D eigenvalue weighted by Crippen LogP contribution is 2.09. The summed E-state index contributed by atoms with van der Waals surface area (Å²) in [6.07, 6.45) is 0.241. The molecule has 0 saturated carbocycles. The van der Waals surface area contributed by atoms with E-state index in [1.165, 1.54) is 11.3 Å². The normalized spacial score (nSPS) is 11.4. The van der Waals surface area contributed by atoms with E-state index in [-0.39, 0.29) is 18.9 Å². The fraction of sp³-hybridized carbons (Fsp3) is 0.136. The molecular formula is C22H20N2O3S. The molecule has 1 atom stereocenters. The molecule has 0 saturated heterocycles. The highest BCUT2D eigenvalue weighted by Gasteiger charge is 2.27. The van der Waals surface area contributed by atoms with Crippen LogP contribution in [0, 0.1) is 0 Å². The molecule has 3 aromatic rings. The summed E-state index contributed by atoms with van der Waals surface area (Å²) >= 11 is 1.50. The largest absolute Gasteiger partial charge is 0.345 e. The SMILES string of the molecule is O=C(NCc1cccs1)C(=O)[C@@H](Cc1ccccc1)NC(=O)c1ccccc1. The number of rotatable bonds is 8. The predicted octanol–water partition coefficient (Wildman–Crippen LogP) is 2.97. The Morgan fingerprint density at radius 1 is 0.857 bits per heavy atom. The number of amides is 2. The van der Waals surface area contributed by atoms with E-state index >= 15 is 0 Å². The second kappa shape index (κ2) is 9.62. The van der Waals surface area contributed by atoms with E-state index < -0.39 is 17.7 Å². The molecule has 28 heavy (non-hydrogen) atoms. The van der Waals surface area contributed by atoms with Crippen LogP contribution in [0.2, 0.25) is 0 Å². The van der Waals surface area contributed by atoms with Crippen LogP contribution in [0.25, 0.3) is 0 Å². The molecule has 0 aliphatic heterocycles. The summed E-state index contributed by atoms with van der Waals surface area (Å²) < 4.78 is 0. The minimum Gasteiger partial charge on any atom is -0.345 e. The van der Waals surface area contributed by atoms with Gasteiger partial charge in [0.15, 0.2) is 0 Å². The number of hydrogen-bond donors (Lipinski definition) is 2. The van der Waals surface area contributed by atoms with E-state index in [4.69, 9.17) is 0 Å². The first-order chi connectivity index (χ1) is 13.6. The van der Waals surface area contributed by atoms with Crippen molar-refractivity contribution in [1.29, 1.82) is 0 Å². The van der Waals surface area contributed by atoms with Crippen LogP contribution in [0.3, 0.4) is 0 Å². The number of hydrogen-bond acceptors (Lipinski definition) is 4. The van der Waals surface area contributed by atoms with Crippen LogP contribution in [0.4, 0.5) is 0 Å². The molecule has 3 rings (SSSR count). The monoisotopic (exact) mass is 392 g/mol. The van der Waals surface area contributed by atoms with Gasteiger partial charge in [-0.05, 0) is 29.1 Å². The maximum absolute atomic E-state index is 12.8. The van der Waals surface area contributed by atoms with Crippen molar-refractivity contribution in [3.05, 3.63) is 94.2 Å². The first-order valence-electron chi connectivity index (χ1n) is 8.88. The summed E-state index contributed by atoms with van der Waals surface area (Å²) in [5.41, 5.74) is 1.30. The molecule has 0 unspecified atom stereocenters. The van der Waals surface area contributed by atoms with Crippen molar-refractivity contribution < 1.29 is 14.4 Å². The van der Waals surface area contributed by atoms with E-state index in [0.29, 0.717) is 5.56 Å². The Hall–Kier alpha value is -3.25. The summed E-state index contributed by atoms with van der Waals surface area (Å²) in [4.78, 5) is 38.6. The summed E-state index contributed by atoms with van der Waals surface area (Å²) in [5.74, 6) is -1.76. The third-order valence-electron chi connectivity index (χ3n) is 4.17. The van der Waals surface area contributed by atoms with E-state index in [1.807, 2.05) is 47.8 Å². The molecule has 5 nitrogen and oxygen atoms in total. The van der Waals surface area contributed by atoms with Gasteiger partial charge in [-0.3, -0.25) is 14.4 Å². The number of benzene rings is 2. The zero-order chi connectivity index (χ0) is 19.8. The van der Waals surface area contributed by atoms with E-state index in [9.17, 15) is 14.4 Å². The van der Waals surface area contributed by atoms with Gasteiger partial charge in [-0.1, -0.05) is 54.6 Å². The maximum atomic E-state index is 12.8. The smallest absolute Gasteiger partial charge is 0.289 e. The van der Waals surface area contributed by atoms with Crippen LogP contribution in [-0.2, 0) is 22.6 Å². The van der Waals surface area contributed by atoms with Crippen molar-refractivity contribution in [2.75, 3.05) is 0 Å². The lowest BCUT2D eigenvalue weighted by atomic mass is 10.0. The molecule has 0 spiro atoms. The fourth-order valence-electron chi connectivity index (χ4n) is 2.72. The zero-order valence-electron chi connectivity index (χ0n) is 15.1. The summed E-state index contributed by atoms with van der Waals surface area (Å²) in [6.45, 7) is 0.285. The average Bonchev–Trinajstić information content (AvgIpc) is 3.26. The Bertz CT molecular complexity index is 925. The molecule has 0 aliphatic rings. The molecule has 2 amide bonds. The Labute approximate surface area is 167 Å². The van der Waals surface area contributed by atoms with E-state index in [2.05, 4.69) is 10.6 Å². The van der Waals surface area contributed by atoms with Crippen LogP contribution in [0.15, 0.2) is 78.2 Å². The molecule has 2 aromatic carbocycles. The zero-order valence-corrected chi connectivity index (χ0v) is 15.9. The van der Waals surface area contributed by atoms with Crippen molar-refractivity contribution in [3.8, 4) is 0 Å². The van der Waals surface area contributed by atoms with Gasteiger partial charge >= 0.3 is 0 Å². The lowest BCUT2D eigenvalue weighted by molar-refractivity contribution is -0.139. The molecular weight excluding hydrogens is 372 g/mol. The summed E-state index contributed by atoms with van der Waals surface area (Å²) in [5, 5.41) is 7.25. The molecule has 0 bridgehead atoms. The number of carbonyl (C=O) groups is 3. The minimum atomic E-state index is -0.946. The van der Waals surface area contributed by atoms with Crippen LogP contribution in [-0.4, -0.2) is 23.6 Å². The molecule has 1 heterocycles. The third kappa shape index (κ3) is 5.37. The lowest BCUT2D eigenvalue weighted by Gasteiger charge is -2.17. The van der Waals surface area contributed by atoms with Crippen molar-refractivity contribution in [2.24, 2.45) is 0 Å². The van der Waals surface area contributed by atoms with Crippen molar-refractivity contribution >= 4 is 28.9 Å². The minimum absolute atomic E-state index is 0.241. The highest BCUT2D eigenvalue weighted by molar-refractivity contribution is 7.09. The predicted molar refractivity (Wildman–Crippen MR) is 109 cm³/mol. The Balaban J connectivity index is 1.71. The second-order valence-corrected chi connectivity index (χ2v) is 7.24. The summed E-state index contributed by atoms with van der Waals surface area (Å²) in [7, 11) is 0. The molecule has 6 heteroatoms. The lowest BCUT2D eigenvalue weighted by Crippen LogP contribution is -2.48. The Kier molecular flexibility index (Phi) is 6.70. The fourth-order valence-corrected chi connectivity index (χ4v) is 3.36. The first kappa shape index (κ1) is 19.5. The molecule has 0 radical (unpaired) electrons. The number of nitrogens with one attached hydrogen (secondary N) is 2. The third-order valence-corrected chi connectivity index (χ3v) is 5.04. The summed E-state index contributed by atoms with van der Waals surface area (Å²) in [6, 6.07) is 20.7. The van der Waals surface area contributed by atoms with Crippen LogP contribution < -0.4 is 10.6 Å². The van der Waals surface area contributed by atoms with Gasteiger partial charge in [0.25, 0.3) is 11.8 Å². The van der Waals surface area contributed by atoms with Gasteiger partial charge in [-0.25, -0.2) is 0 Å². The van der Waals surface area contributed by atoms with Crippen molar-refractivity contribution in [1.82, 2.24) is 10.6 Å². The van der Waals surface area contributed by atoms with Crippen LogP contribution >= 0.6 is 11.3 Å². The first-order valence-corrected chi connectivity index (χ1v) is 9.75. The quantitative estimate of drug-likeness (QED) is 0.579.